The van der Waals surface area contributed by atoms with E-state index >= 15 is 0 Å². The molecule has 1 fully saturated rings. The van der Waals surface area contributed by atoms with Gasteiger partial charge in [-0.25, -0.2) is 4.98 Å². The van der Waals surface area contributed by atoms with Crippen molar-refractivity contribution >= 4 is 17.5 Å². The van der Waals surface area contributed by atoms with Gasteiger partial charge in [-0.3, -0.25) is 0 Å². The predicted molar refractivity (Wildman–Crippen MR) is 98.4 cm³/mol. The van der Waals surface area contributed by atoms with Gasteiger partial charge in [-0.2, -0.15) is 4.98 Å². The third-order valence-electron chi connectivity index (χ3n) is 4.32. The Hall–Kier alpha value is -2.14. The molecule has 1 aliphatic heterocycles. The lowest BCUT2D eigenvalue weighted by Crippen LogP contribution is -2.37. The highest BCUT2D eigenvalue weighted by atomic mass is 16.5. The quantitative estimate of drug-likeness (QED) is 0.926. The van der Waals surface area contributed by atoms with Crippen molar-refractivity contribution in [2.24, 2.45) is 0 Å². The molecule has 1 aliphatic rings. The third-order valence-corrected chi connectivity index (χ3v) is 4.32. The molecule has 2 aromatic rings. The van der Waals surface area contributed by atoms with Gasteiger partial charge in [0.15, 0.2) is 0 Å². The fourth-order valence-electron chi connectivity index (χ4n) is 2.99. The van der Waals surface area contributed by atoms with Gasteiger partial charge in [0, 0.05) is 30.5 Å². The van der Waals surface area contributed by atoms with Crippen LogP contribution in [-0.2, 0) is 4.74 Å². The number of para-hydroxylation sites is 1. The number of nitrogens with one attached hydrogen (secondary N) is 1. The van der Waals surface area contributed by atoms with E-state index in [0.29, 0.717) is 5.92 Å². The van der Waals surface area contributed by atoms with Gasteiger partial charge in [0.25, 0.3) is 0 Å². The molecular formula is C19H26N4O. The molecule has 3 rings (SSSR count). The minimum Gasteiger partial charge on any atom is -0.378 e. The summed E-state index contributed by atoms with van der Waals surface area (Å²) in [4.78, 5) is 11.5. The van der Waals surface area contributed by atoms with Gasteiger partial charge in [-0.05, 0) is 30.9 Å². The van der Waals surface area contributed by atoms with Crippen molar-refractivity contribution in [3.05, 3.63) is 41.1 Å². The molecule has 24 heavy (non-hydrogen) atoms. The van der Waals surface area contributed by atoms with Crippen LogP contribution < -0.4 is 10.2 Å². The summed E-state index contributed by atoms with van der Waals surface area (Å²) in [5.74, 6) is 2.08. The van der Waals surface area contributed by atoms with E-state index in [9.17, 15) is 0 Å². The Labute approximate surface area is 144 Å². The molecule has 1 N–H and O–H groups in total. The predicted octanol–water partition coefficient (Wildman–Crippen LogP) is 3.80. The number of hydrogen-bond acceptors (Lipinski definition) is 5. The average molecular weight is 326 g/mol. The first kappa shape index (κ1) is 16.7. The molecule has 0 spiro atoms. The van der Waals surface area contributed by atoms with Crippen molar-refractivity contribution in [2.45, 2.75) is 33.6 Å². The summed E-state index contributed by atoms with van der Waals surface area (Å²) >= 11 is 0. The standard InChI is InChI=1S/C19H26N4O/c1-13(2)16-7-5-6-14(3)18(16)21-17-12-15(4)20-19(22-17)23-8-10-24-11-9-23/h5-7,12-13H,8-11H2,1-4H3,(H,20,21,22). The van der Waals surface area contributed by atoms with Crippen LogP contribution in [0.15, 0.2) is 24.3 Å². The molecule has 128 valence electrons. The van der Waals surface area contributed by atoms with Gasteiger partial charge in [-0.1, -0.05) is 32.0 Å². The van der Waals surface area contributed by atoms with Gasteiger partial charge in [0.2, 0.25) is 5.95 Å². The number of morpholine rings is 1. The van der Waals surface area contributed by atoms with Crippen LogP contribution in [0.1, 0.15) is 36.6 Å². The Morgan fingerprint density at radius 3 is 2.58 bits per heavy atom. The molecule has 0 amide bonds. The van der Waals surface area contributed by atoms with Crippen LogP contribution in [0, 0.1) is 13.8 Å². The van der Waals surface area contributed by atoms with Crippen LogP contribution in [0.4, 0.5) is 17.5 Å². The number of aryl methyl sites for hydroxylation is 2. The van der Waals surface area contributed by atoms with Crippen molar-refractivity contribution in [1.29, 1.82) is 0 Å². The Balaban J connectivity index is 1.92. The Morgan fingerprint density at radius 1 is 1.12 bits per heavy atom. The molecule has 1 aromatic carbocycles. The molecule has 0 saturated carbocycles. The van der Waals surface area contributed by atoms with Crippen LogP contribution in [0.5, 0.6) is 0 Å². The summed E-state index contributed by atoms with van der Waals surface area (Å²) in [6.07, 6.45) is 0. The zero-order valence-electron chi connectivity index (χ0n) is 15.0. The lowest BCUT2D eigenvalue weighted by Gasteiger charge is -2.27. The summed E-state index contributed by atoms with van der Waals surface area (Å²) in [5, 5.41) is 3.53. The molecule has 0 unspecified atom stereocenters. The van der Waals surface area contributed by atoms with E-state index < -0.39 is 0 Å². The molecule has 1 aromatic heterocycles. The maximum atomic E-state index is 5.42. The smallest absolute Gasteiger partial charge is 0.227 e. The minimum atomic E-state index is 0.453. The third kappa shape index (κ3) is 3.67. The lowest BCUT2D eigenvalue weighted by molar-refractivity contribution is 0.122. The number of nitrogens with zero attached hydrogens (tertiary/aromatic N) is 3. The number of anilines is 3. The van der Waals surface area contributed by atoms with E-state index in [1.807, 2.05) is 13.0 Å². The molecule has 1 saturated heterocycles. The highest BCUT2D eigenvalue weighted by Gasteiger charge is 2.16. The zero-order valence-corrected chi connectivity index (χ0v) is 15.0. The first-order valence-electron chi connectivity index (χ1n) is 8.59. The number of aromatic nitrogens is 2. The van der Waals surface area contributed by atoms with E-state index in [0.717, 1.165) is 49.5 Å². The number of rotatable bonds is 4. The van der Waals surface area contributed by atoms with Crippen molar-refractivity contribution in [1.82, 2.24) is 9.97 Å². The maximum absolute atomic E-state index is 5.42. The van der Waals surface area contributed by atoms with E-state index in [2.05, 4.69) is 54.2 Å². The van der Waals surface area contributed by atoms with Gasteiger partial charge in [0.1, 0.15) is 5.82 Å². The summed E-state index contributed by atoms with van der Waals surface area (Å²) in [6.45, 7) is 11.7. The van der Waals surface area contributed by atoms with Gasteiger partial charge in [-0.15, -0.1) is 0 Å². The highest BCUT2D eigenvalue weighted by Crippen LogP contribution is 2.30. The summed E-state index contributed by atoms with van der Waals surface area (Å²) in [5.41, 5.74) is 4.65. The fourth-order valence-corrected chi connectivity index (χ4v) is 2.99. The molecule has 5 nitrogen and oxygen atoms in total. The Bertz CT molecular complexity index is 709. The van der Waals surface area contributed by atoms with Crippen LogP contribution in [0.25, 0.3) is 0 Å². The van der Waals surface area contributed by atoms with Crippen molar-refractivity contribution in [2.75, 3.05) is 36.5 Å². The second-order valence-electron chi connectivity index (χ2n) is 6.61. The Morgan fingerprint density at radius 2 is 1.88 bits per heavy atom. The number of benzene rings is 1. The van der Waals surface area contributed by atoms with Gasteiger partial charge >= 0.3 is 0 Å². The first-order valence-corrected chi connectivity index (χ1v) is 8.59. The molecule has 0 radical (unpaired) electrons. The van der Waals surface area contributed by atoms with E-state index in [1.54, 1.807) is 0 Å². The maximum Gasteiger partial charge on any atom is 0.227 e. The molecular weight excluding hydrogens is 300 g/mol. The van der Waals surface area contributed by atoms with Crippen LogP contribution in [0.2, 0.25) is 0 Å². The number of ether oxygens (including phenoxy) is 1. The minimum absolute atomic E-state index is 0.453. The van der Waals surface area contributed by atoms with Gasteiger partial charge in [0.05, 0.1) is 13.2 Å². The SMILES string of the molecule is Cc1cc(Nc2c(C)cccc2C(C)C)nc(N2CCOCC2)n1. The molecule has 5 heteroatoms. The molecule has 0 atom stereocenters. The highest BCUT2D eigenvalue weighted by molar-refractivity contribution is 5.66. The average Bonchev–Trinajstić information content (AvgIpc) is 2.57. The molecule has 0 bridgehead atoms. The lowest BCUT2D eigenvalue weighted by atomic mass is 9.98. The topological polar surface area (TPSA) is 50.3 Å². The second-order valence-corrected chi connectivity index (χ2v) is 6.61. The van der Waals surface area contributed by atoms with Crippen molar-refractivity contribution in [3.8, 4) is 0 Å². The largest absolute Gasteiger partial charge is 0.378 e. The monoisotopic (exact) mass is 326 g/mol. The molecule has 2 heterocycles. The summed E-state index contributed by atoms with van der Waals surface area (Å²) in [6, 6.07) is 8.42. The first-order chi connectivity index (χ1) is 11.5. The van der Waals surface area contributed by atoms with E-state index in [1.165, 1.54) is 11.1 Å². The Kier molecular flexibility index (Phi) is 5.00. The van der Waals surface area contributed by atoms with Crippen LogP contribution in [0.3, 0.4) is 0 Å². The van der Waals surface area contributed by atoms with E-state index in [4.69, 9.17) is 9.72 Å². The summed E-state index contributed by atoms with van der Waals surface area (Å²) in [7, 11) is 0. The van der Waals surface area contributed by atoms with E-state index in [-0.39, 0.29) is 0 Å². The van der Waals surface area contributed by atoms with Crippen LogP contribution >= 0.6 is 0 Å². The molecule has 0 aliphatic carbocycles. The zero-order chi connectivity index (χ0) is 17.1. The fraction of sp³-hybridized carbons (Fsp3) is 0.474. The normalized spacial score (nSPS) is 15.0. The number of hydrogen-bond donors (Lipinski definition) is 1. The summed E-state index contributed by atoms with van der Waals surface area (Å²) < 4.78 is 5.42. The second kappa shape index (κ2) is 7.18. The van der Waals surface area contributed by atoms with Crippen molar-refractivity contribution in [3.63, 3.8) is 0 Å². The van der Waals surface area contributed by atoms with Crippen molar-refractivity contribution < 1.29 is 4.74 Å². The van der Waals surface area contributed by atoms with Crippen LogP contribution in [-0.4, -0.2) is 36.3 Å². The van der Waals surface area contributed by atoms with Gasteiger partial charge < -0.3 is 15.0 Å².